The highest BCUT2D eigenvalue weighted by Gasteiger charge is 2.36. The number of carbonyl (C=O) groups is 1. The highest BCUT2D eigenvalue weighted by Crippen LogP contribution is 2.35. The van der Waals surface area contributed by atoms with Gasteiger partial charge < -0.3 is 9.80 Å². The molecule has 0 N–H and O–H groups in total. The first-order valence-electron chi connectivity index (χ1n) is 10.6. The molecule has 3 heterocycles. The highest BCUT2D eigenvalue weighted by molar-refractivity contribution is 6.37. The van der Waals surface area contributed by atoms with Crippen LogP contribution in [0.1, 0.15) is 11.1 Å². The molecule has 3 aliphatic heterocycles. The number of hydrogen-bond acceptors (Lipinski definition) is 7. The van der Waals surface area contributed by atoms with E-state index >= 15 is 0 Å². The molecule has 3 aliphatic rings. The molecule has 9 nitrogen and oxygen atoms in total. The third-order valence-electron chi connectivity index (χ3n) is 5.97. The molecule has 1 fully saturated rings. The molecule has 0 saturated carbocycles. The highest BCUT2D eigenvalue weighted by atomic mass is 35.5. The lowest BCUT2D eigenvalue weighted by Crippen LogP contribution is -2.42. The molecule has 0 aliphatic carbocycles. The number of amidine groups is 1. The van der Waals surface area contributed by atoms with Crippen LogP contribution in [0.3, 0.4) is 0 Å². The number of hydrogen-bond donors (Lipinski definition) is 0. The Morgan fingerprint density at radius 2 is 1.82 bits per heavy atom. The summed E-state index contributed by atoms with van der Waals surface area (Å²) in [5, 5.41) is 12.0. The molecule has 0 bridgehead atoms. The van der Waals surface area contributed by atoms with Crippen LogP contribution in [0.2, 0.25) is 5.02 Å². The van der Waals surface area contributed by atoms with Crippen LogP contribution in [-0.2, 0) is 4.79 Å². The number of carbonyl (C=O) groups excluding carboxylic acids is 1. The van der Waals surface area contributed by atoms with Gasteiger partial charge >= 0.3 is 23.1 Å². The van der Waals surface area contributed by atoms with E-state index in [2.05, 4.69) is 21.8 Å². The van der Waals surface area contributed by atoms with E-state index in [9.17, 15) is 14.9 Å². The molecule has 11 heteroatoms. The Hall–Kier alpha value is -2.79. The maximum Gasteiger partial charge on any atom is 0.316 e. The van der Waals surface area contributed by atoms with E-state index in [-0.39, 0.29) is 41.2 Å². The molecular formula is C23H23ClMgN6O3. The minimum Gasteiger partial charge on any atom is -0.373 e. The van der Waals surface area contributed by atoms with Crippen molar-refractivity contribution in [3.05, 3.63) is 80.6 Å². The van der Waals surface area contributed by atoms with Crippen LogP contribution in [-0.4, -0.2) is 95.0 Å². The molecule has 2 aromatic carbocycles. The fourth-order valence-corrected chi connectivity index (χ4v) is 4.40. The van der Waals surface area contributed by atoms with Crippen LogP contribution >= 0.6 is 11.6 Å². The second-order valence-electron chi connectivity index (χ2n) is 8.13. The first-order chi connectivity index (χ1) is 15.9. The van der Waals surface area contributed by atoms with Crippen molar-refractivity contribution in [3.8, 4) is 0 Å². The molecule has 0 aromatic heterocycles. The van der Waals surface area contributed by atoms with Crippen molar-refractivity contribution in [2.75, 3.05) is 44.7 Å². The summed E-state index contributed by atoms with van der Waals surface area (Å²) in [4.78, 5) is 39.6. The summed E-state index contributed by atoms with van der Waals surface area (Å²) >= 11 is 6.43. The molecule has 1 amide bonds. The summed E-state index contributed by atoms with van der Waals surface area (Å²) in [5.41, 5.74) is 2.36. The number of nitro groups is 1. The molecule has 0 radical (unpaired) electrons. The van der Waals surface area contributed by atoms with Gasteiger partial charge in [0.15, 0.2) is 0 Å². The maximum atomic E-state index is 13.4. The number of non-ortho nitro benzene ring substituents is 1. The van der Waals surface area contributed by atoms with Crippen LogP contribution in [0.25, 0.3) is 0 Å². The second kappa shape index (κ2) is 9.83. The predicted molar refractivity (Wildman–Crippen MR) is 136 cm³/mol. The van der Waals surface area contributed by atoms with Gasteiger partial charge in [-0.05, 0) is 19.2 Å². The Bertz CT molecular complexity index is 1250. The number of aliphatic imine (C=N–C) groups is 2. The number of likely N-dealkylation sites (N-methyl/N-ethyl adjacent to an activating group) is 1. The normalized spacial score (nSPS) is 19.1. The Labute approximate surface area is 217 Å². The maximum absolute atomic E-state index is 13.4. The number of halogens is 1. The van der Waals surface area contributed by atoms with E-state index < -0.39 is 4.92 Å². The van der Waals surface area contributed by atoms with Crippen molar-refractivity contribution >= 4 is 63.5 Å². The van der Waals surface area contributed by atoms with Gasteiger partial charge in [-0.3, -0.25) is 24.8 Å². The average Bonchev–Trinajstić information content (AvgIpc) is 3.01. The largest absolute Gasteiger partial charge is 0.373 e. The summed E-state index contributed by atoms with van der Waals surface area (Å²) < 4.78 is 0. The zero-order valence-electron chi connectivity index (χ0n) is 17.9. The van der Waals surface area contributed by atoms with Gasteiger partial charge in [0.25, 0.3) is 11.6 Å². The number of nitro benzene ring substituents is 1. The summed E-state index contributed by atoms with van der Waals surface area (Å²) in [5.74, 6) is 0.215. The van der Waals surface area contributed by atoms with E-state index in [1.807, 2.05) is 12.1 Å². The third-order valence-corrected chi connectivity index (χ3v) is 6.30. The molecule has 0 spiro atoms. The zero-order valence-corrected chi connectivity index (χ0v) is 18.7. The number of piperazine rings is 1. The zero-order chi connectivity index (χ0) is 23.1. The number of nitrogens with zero attached hydrogens (tertiary/aromatic N) is 6. The fraction of sp³-hybridized carbons (Fsp3) is 0.261. The number of anilines is 1. The van der Waals surface area contributed by atoms with Crippen molar-refractivity contribution in [3.63, 3.8) is 0 Å². The van der Waals surface area contributed by atoms with Crippen LogP contribution < -0.4 is 4.90 Å². The number of fused-ring (bicyclic) bond motifs is 3. The van der Waals surface area contributed by atoms with Crippen molar-refractivity contribution in [2.24, 2.45) is 9.98 Å². The topological polar surface area (TPSA) is 94.7 Å². The van der Waals surface area contributed by atoms with Gasteiger partial charge in [-0.25, -0.2) is 4.99 Å². The van der Waals surface area contributed by atoms with Crippen molar-refractivity contribution in [2.45, 2.75) is 0 Å². The molecule has 0 unspecified atom stereocenters. The van der Waals surface area contributed by atoms with Crippen LogP contribution in [0.5, 0.6) is 0 Å². The summed E-state index contributed by atoms with van der Waals surface area (Å²) in [7, 11) is 2.07. The van der Waals surface area contributed by atoms with Crippen molar-refractivity contribution in [1.29, 1.82) is 0 Å². The number of amides is 1. The van der Waals surface area contributed by atoms with E-state index in [4.69, 9.17) is 16.6 Å². The van der Waals surface area contributed by atoms with E-state index in [1.54, 1.807) is 24.4 Å². The van der Waals surface area contributed by atoms with Gasteiger partial charge in [0.05, 0.1) is 22.9 Å². The van der Waals surface area contributed by atoms with E-state index in [0.29, 0.717) is 39.1 Å². The van der Waals surface area contributed by atoms with Crippen LogP contribution in [0.15, 0.2) is 64.3 Å². The lowest BCUT2D eigenvalue weighted by molar-refractivity contribution is -0.384. The minimum atomic E-state index is -0.463. The Morgan fingerprint density at radius 1 is 1.09 bits per heavy atom. The van der Waals surface area contributed by atoms with Gasteiger partial charge in [-0.15, -0.1) is 0 Å². The summed E-state index contributed by atoms with van der Waals surface area (Å²) in [6.45, 7) is 3.60. The first kappa shape index (κ1) is 24.3. The third kappa shape index (κ3) is 4.46. The Morgan fingerprint density at radius 3 is 2.53 bits per heavy atom. The molecule has 0 atom stereocenters. The van der Waals surface area contributed by atoms with Gasteiger partial charge in [0.2, 0.25) is 0 Å². The lowest BCUT2D eigenvalue weighted by atomic mass is 9.99. The summed E-state index contributed by atoms with van der Waals surface area (Å²) in [6.07, 6.45) is 1.81. The van der Waals surface area contributed by atoms with E-state index in [0.717, 1.165) is 26.2 Å². The SMILES string of the molecule is CN1CCN(/C=C2\N=C3CN=C(c4ccccc4Cl)c4cc([N+](=O)[O-])ccc4N3C2=O)CC1.[MgH2]. The molecule has 2 aromatic rings. The van der Waals surface area contributed by atoms with Crippen LogP contribution in [0, 0.1) is 10.1 Å². The second-order valence-corrected chi connectivity index (χ2v) is 8.53. The molecule has 5 rings (SSSR count). The predicted octanol–water partition coefficient (Wildman–Crippen LogP) is 2.02. The standard InChI is InChI=1S/C23H21ClN6O3.Mg.2H/c1-27-8-10-28(11-9-27)14-19-23(31)29-20-7-6-15(30(32)33)12-17(20)22(25-13-21(29)26-19)16-4-2-3-5-18(16)24;;;/h2-7,12,14H,8-11,13H2,1H3;;;/b19-14-;;;. The molecule has 1 saturated heterocycles. The number of rotatable bonds is 3. The Kier molecular flexibility index (Phi) is 7.03. The van der Waals surface area contributed by atoms with Gasteiger partial charge in [0, 0.05) is 60.7 Å². The fourth-order valence-electron chi connectivity index (χ4n) is 4.17. The monoisotopic (exact) mass is 490 g/mol. The van der Waals surface area contributed by atoms with Crippen molar-refractivity contribution < 1.29 is 9.72 Å². The summed E-state index contributed by atoms with van der Waals surface area (Å²) in [6, 6.07) is 11.6. The van der Waals surface area contributed by atoms with Gasteiger partial charge in [-0.2, -0.15) is 0 Å². The first-order valence-corrected chi connectivity index (χ1v) is 10.9. The quantitative estimate of drug-likeness (QED) is 0.284. The van der Waals surface area contributed by atoms with Gasteiger partial charge in [-0.1, -0.05) is 29.8 Å². The lowest BCUT2D eigenvalue weighted by Gasteiger charge is -2.31. The van der Waals surface area contributed by atoms with E-state index in [1.165, 1.54) is 17.0 Å². The Balaban J connectivity index is 0.00000274. The minimum absolute atomic E-state index is 0. The van der Waals surface area contributed by atoms with Crippen LogP contribution in [0.4, 0.5) is 11.4 Å². The van der Waals surface area contributed by atoms with Crippen molar-refractivity contribution in [1.82, 2.24) is 9.80 Å². The molecule has 172 valence electrons. The number of benzene rings is 2. The smallest absolute Gasteiger partial charge is 0.316 e. The average molecular weight is 491 g/mol. The van der Waals surface area contributed by atoms with Gasteiger partial charge in [0.1, 0.15) is 11.5 Å². The molecular weight excluding hydrogens is 468 g/mol. The molecule has 34 heavy (non-hydrogen) atoms.